The summed E-state index contributed by atoms with van der Waals surface area (Å²) in [4.78, 5) is 0. The number of alkyl halides is 1. The molecule has 0 radical (unpaired) electrons. The summed E-state index contributed by atoms with van der Waals surface area (Å²) in [5.74, 6) is 0.555. The Balaban J connectivity index is 2.42. The minimum Gasteiger partial charge on any atom is -0.265 e. The van der Waals surface area contributed by atoms with Crippen LogP contribution in [0.25, 0.3) is 0 Å². The molecule has 2 rings (SSSR count). The first-order valence-corrected chi connectivity index (χ1v) is 7.83. The Morgan fingerprint density at radius 3 is 2.50 bits per heavy atom. The topological polar surface area (TPSA) is 17.8 Å². The Kier molecular flexibility index (Phi) is 4.87. The third kappa shape index (κ3) is 2.90. The minimum absolute atomic E-state index is 0.555. The largest absolute Gasteiger partial charge is 0.265 e. The van der Waals surface area contributed by atoms with Gasteiger partial charge in [-0.2, -0.15) is 5.10 Å². The molecule has 0 aliphatic carbocycles. The molecule has 2 nitrogen and oxygen atoms in total. The van der Waals surface area contributed by atoms with E-state index in [1.165, 1.54) is 27.9 Å². The highest BCUT2D eigenvalue weighted by Gasteiger charge is 2.15. The number of aryl methyl sites for hydroxylation is 3. The first-order valence-electron chi connectivity index (χ1n) is 7.30. The lowest BCUT2D eigenvalue weighted by Crippen LogP contribution is -2.08. The van der Waals surface area contributed by atoms with E-state index in [1.807, 2.05) is 0 Å². The Morgan fingerprint density at radius 2 is 1.90 bits per heavy atom. The van der Waals surface area contributed by atoms with Crippen molar-refractivity contribution in [3.63, 3.8) is 0 Å². The molecule has 0 fully saturated rings. The highest BCUT2D eigenvalue weighted by atomic mass is 35.5. The third-order valence-corrected chi connectivity index (χ3v) is 4.15. The van der Waals surface area contributed by atoms with Gasteiger partial charge in [-0.15, -0.1) is 11.6 Å². The molecule has 0 unspecified atom stereocenters. The summed E-state index contributed by atoms with van der Waals surface area (Å²) in [6.45, 7) is 9.44. The zero-order valence-electron chi connectivity index (χ0n) is 12.8. The van der Waals surface area contributed by atoms with Crippen LogP contribution in [0.3, 0.4) is 0 Å². The molecule has 0 N–H and O–H groups in total. The number of benzene rings is 1. The SMILES string of the molecule is CCc1nn(Cc2cc(C)ccc2C)c(CC)c1CCl. The maximum atomic E-state index is 6.11. The van der Waals surface area contributed by atoms with Gasteiger partial charge in [-0.25, -0.2) is 0 Å². The number of halogens is 1. The van der Waals surface area contributed by atoms with Crippen LogP contribution >= 0.6 is 11.6 Å². The van der Waals surface area contributed by atoms with Crippen molar-refractivity contribution in [2.45, 2.75) is 53.0 Å². The molecule has 2 aromatic rings. The summed E-state index contributed by atoms with van der Waals surface area (Å²) in [7, 11) is 0. The van der Waals surface area contributed by atoms with Crippen LogP contribution in [0, 0.1) is 13.8 Å². The number of hydrogen-bond acceptors (Lipinski definition) is 1. The van der Waals surface area contributed by atoms with E-state index in [4.69, 9.17) is 16.7 Å². The lowest BCUT2D eigenvalue weighted by atomic mass is 10.1. The van der Waals surface area contributed by atoms with Gasteiger partial charge in [0.05, 0.1) is 18.1 Å². The monoisotopic (exact) mass is 290 g/mol. The molecule has 108 valence electrons. The Morgan fingerprint density at radius 1 is 1.15 bits per heavy atom. The summed E-state index contributed by atoms with van der Waals surface area (Å²) in [6.07, 6.45) is 1.91. The summed E-state index contributed by atoms with van der Waals surface area (Å²) in [6, 6.07) is 6.59. The van der Waals surface area contributed by atoms with Crippen molar-refractivity contribution in [3.05, 3.63) is 51.8 Å². The van der Waals surface area contributed by atoms with Crippen molar-refractivity contribution in [1.82, 2.24) is 9.78 Å². The summed E-state index contributed by atoms with van der Waals surface area (Å²) >= 11 is 6.11. The van der Waals surface area contributed by atoms with Gasteiger partial charge in [0.15, 0.2) is 0 Å². The molecule has 1 heterocycles. The van der Waals surface area contributed by atoms with Gasteiger partial charge >= 0.3 is 0 Å². The van der Waals surface area contributed by atoms with Crippen molar-refractivity contribution in [2.75, 3.05) is 0 Å². The molecular formula is C17H23ClN2. The van der Waals surface area contributed by atoms with Crippen molar-refractivity contribution in [1.29, 1.82) is 0 Å². The Labute approximate surface area is 126 Å². The third-order valence-electron chi connectivity index (χ3n) is 3.88. The van der Waals surface area contributed by atoms with Crippen LogP contribution in [0.5, 0.6) is 0 Å². The minimum atomic E-state index is 0.555. The predicted octanol–water partition coefficient (Wildman–Crippen LogP) is 4.41. The number of hydrogen-bond donors (Lipinski definition) is 0. The van der Waals surface area contributed by atoms with Crippen molar-refractivity contribution in [2.24, 2.45) is 0 Å². The van der Waals surface area contributed by atoms with Crippen LogP contribution in [0.15, 0.2) is 18.2 Å². The second-order valence-corrected chi connectivity index (χ2v) is 5.57. The van der Waals surface area contributed by atoms with Gasteiger partial charge in [0.2, 0.25) is 0 Å². The summed E-state index contributed by atoms with van der Waals surface area (Å²) in [5.41, 5.74) is 7.59. The first kappa shape index (κ1) is 15.1. The number of nitrogens with zero attached hydrogens (tertiary/aromatic N) is 2. The zero-order valence-corrected chi connectivity index (χ0v) is 13.6. The van der Waals surface area contributed by atoms with E-state index < -0.39 is 0 Å². The molecular weight excluding hydrogens is 268 g/mol. The van der Waals surface area contributed by atoms with Gasteiger partial charge in [0.1, 0.15) is 0 Å². The standard InChI is InChI=1S/C17H23ClN2/c1-5-16-15(10-18)17(6-2)20(19-16)11-14-9-12(3)7-8-13(14)4/h7-9H,5-6,10-11H2,1-4H3. The number of aromatic nitrogens is 2. The fourth-order valence-corrected chi connectivity index (χ4v) is 2.99. The normalized spacial score (nSPS) is 11.1. The van der Waals surface area contributed by atoms with Gasteiger partial charge in [0, 0.05) is 11.3 Å². The summed E-state index contributed by atoms with van der Waals surface area (Å²) < 4.78 is 2.14. The maximum absolute atomic E-state index is 6.11. The van der Waals surface area contributed by atoms with Gasteiger partial charge in [-0.3, -0.25) is 4.68 Å². The molecule has 0 saturated heterocycles. The van der Waals surface area contributed by atoms with E-state index >= 15 is 0 Å². The molecule has 0 spiro atoms. The second kappa shape index (κ2) is 6.45. The first-order chi connectivity index (χ1) is 9.60. The van der Waals surface area contributed by atoms with E-state index in [0.29, 0.717) is 5.88 Å². The van der Waals surface area contributed by atoms with Crippen LogP contribution in [-0.2, 0) is 25.3 Å². The fraction of sp³-hybridized carbons (Fsp3) is 0.471. The van der Waals surface area contributed by atoms with Crippen molar-refractivity contribution < 1.29 is 0 Å². The van der Waals surface area contributed by atoms with Crippen LogP contribution in [0.1, 0.15) is 47.5 Å². The van der Waals surface area contributed by atoms with E-state index in [-0.39, 0.29) is 0 Å². The van der Waals surface area contributed by atoms with Gasteiger partial charge in [-0.05, 0) is 37.8 Å². The smallest absolute Gasteiger partial charge is 0.0669 e. The molecule has 1 aromatic heterocycles. The molecule has 0 bridgehead atoms. The molecule has 0 aliphatic heterocycles. The second-order valence-electron chi connectivity index (χ2n) is 5.30. The molecule has 0 saturated carbocycles. The van der Waals surface area contributed by atoms with Crippen LogP contribution in [0.4, 0.5) is 0 Å². The van der Waals surface area contributed by atoms with Gasteiger partial charge < -0.3 is 0 Å². The van der Waals surface area contributed by atoms with E-state index in [1.54, 1.807) is 0 Å². The quantitative estimate of drug-likeness (QED) is 0.746. The average molecular weight is 291 g/mol. The molecule has 0 aliphatic rings. The average Bonchev–Trinajstić information content (AvgIpc) is 2.79. The predicted molar refractivity (Wildman–Crippen MR) is 85.6 cm³/mol. The van der Waals surface area contributed by atoms with E-state index in [9.17, 15) is 0 Å². The fourth-order valence-electron chi connectivity index (χ4n) is 2.69. The highest BCUT2D eigenvalue weighted by molar-refractivity contribution is 6.17. The van der Waals surface area contributed by atoms with Crippen LogP contribution < -0.4 is 0 Å². The van der Waals surface area contributed by atoms with Crippen LogP contribution in [-0.4, -0.2) is 9.78 Å². The van der Waals surface area contributed by atoms with E-state index in [0.717, 1.165) is 25.1 Å². The lowest BCUT2D eigenvalue weighted by molar-refractivity contribution is 0.637. The highest BCUT2D eigenvalue weighted by Crippen LogP contribution is 2.21. The van der Waals surface area contributed by atoms with Gasteiger partial charge in [0.25, 0.3) is 0 Å². The van der Waals surface area contributed by atoms with E-state index in [2.05, 4.69) is 50.6 Å². The maximum Gasteiger partial charge on any atom is 0.0669 e. The van der Waals surface area contributed by atoms with Crippen LogP contribution in [0.2, 0.25) is 0 Å². The molecule has 1 aromatic carbocycles. The van der Waals surface area contributed by atoms with Crippen molar-refractivity contribution in [3.8, 4) is 0 Å². The molecule has 0 atom stereocenters. The number of rotatable bonds is 5. The summed E-state index contributed by atoms with van der Waals surface area (Å²) in [5, 5.41) is 4.77. The Bertz CT molecular complexity index is 599. The lowest BCUT2D eigenvalue weighted by Gasteiger charge is -2.10. The molecule has 0 amide bonds. The zero-order chi connectivity index (χ0) is 14.7. The molecule has 20 heavy (non-hydrogen) atoms. The van der Waals surface area contributed by atoms with Gasteiger partial charge in [-0.1, -0.05) is 37.6 Å². The Hall–Kier alpha value is -1.28. The van der Waals surface area contributed by atoms with Crippen molar-refractivity contribution >= 4 is 11.6 Å². The molecule has 3 heteroatoms.